The van der Waals surface area contributed by atoms with Gasteiger partial charge in [0.25, 0.3) is 0 Å². The second kappa shape index (κ2) is 14.9. The number of pyridine rings is 2. The van der Waals surface area contributed by atoms with Crippen LogP contribution in [0.2, 0.25) is 0 Å². The first-order chi connectivity index (χ1) is 25.1. The summed E-state index contributed by atoms with van der Waals surface area (Å²) in [6, 6.07) is 28.5. The third kappa shape index (κ3) is 6.84. The van der Waals surface area contributed by atoms with Gasteiger partial charge in [0, 0.05) is 47.5 Å². The van der Waals surface area contributed by atoms with Crippen LogP contribution in [0.1, 0.15) is 25.7 Å². The van der Waals surface area contributed by atoms with E-state index in [1.54, 1.807) is 14.2 Å². The van der Waals surface area contributed by atoms with Crippen molar-refractivity contribution in [3.63, 3.8) is 0 Å². The third-order valence-electron chi connectivity index (χ3n) is 9.93. The van der Waals surface area contributed by atoms with Crippen LogP contribution in [-0.4, -0.2) is 76.3 Å². The Labute approximate surface area is 297 Å². The van der Waals surface area contributed by atoms with E-state index < -0.39 is 0 Å². The Morgan fingerprint density at radius 3 is 1.41 bits per heavy atom. The molecule has 0 bridgehead atoms. The summed E-state index contributed by atoms with van der Waals surface area (Å²) in [6.45, 7) is 3.79. The summed E-state index contributed by atoms with van der Waals surface area (Å²) in [5, 5.41) is 11.6. The first-order valence-corrected chi connectivity index (χ1v) is 17.8. The molecule has 0 saturated carbocycles. The van der Waals surface area contributed by atoms with Crippen molar-refractivity contribution in [1.29, 1.82) is 0 Å². The largest absolute Gasteiger partial charge is 0.494 e. The zero-order valence-electron chi connectivity index (χ0n) is 29.2. The predicted octanol–water partition coefficient (Wildman–Crippen LogP) is 7.92. The molecule has 2 aliphatic rings. The van der Waals surface area contributed by atoms with Crippen molar-refractivity contribution in [2.45, 2.75) is 38.3 Å². The molecule has 0 unspecified atom stereocenters. The van der Waals surface area contributed by atoms with Crippen molar-refractivity contribution in [2.75, 3.05) is 64.4 Å². The molecule has 1 spiro atoms. The van der Waals surface area contributed by atoms with Gasteiger partial charge in [-0.2, -0.15) is 0 Å². The molecular weight excluding hydrogens is 644 g/mol. The van der Waals surface area contributed by atoms with Gasteiger partial charge in [-0.05, 0) is 37.1 Å². The van der Waals surface area contributed by atoms with Gasteiger partial charge < -0.3 is 39.1 Å². The quantitative estimate of drug-likeness (QED) is 0.0973. The summed E-state index contributed by atoms with van der Waals surface area (Å²) >= 11 is 0. The molecule has 8 rings (SSSR count). The maximum absolute atomic E-state index is 6.20. The lowest BCUT2D eigenvalue weighted by atomic mass is 9.90. The van der Waals surface area contributed by atoms with Crippen molar-refractivity contribution in [3.05, 3.63) is 84.9 Å². The Morgan fingerprint density at radius 1 is 0.569 bits per heavy atom. The van der Waals surface area contributed by atoms with Crippen molar-refractivity contribution in [3.8, 4) is 11.5 Å². The van der Waals surface area contributed by atoms with E-state index in [2.05, 4.69) is 34.9 Å². The Morgan fingerprint density at radius 2 is 0.980 bits per heavy atom. The van der Waals surface area contributed by atoms with E-state index in [9.17, 15) is 0 Å². The molecule has 4 heterocycles. The summed E-state index contributed by atoms with van der Waals surface area (Å²) in [7, 11) is 3.37. The molecule has 10 nitrogen and oxygen atoms in total. The van der Waals surface area contributed by atoms with Crippen molar-refractivity contribution < 1.29 is 28.4 Å². The number of nitrogens with zero attached hydrogens (tertiary/aromatic N) is 2. The molecule has 2 saturated heterocycles. The fraction of sp³-hybridized carbons (Fsp3) is 0.366. The van der Waals surface area contributed by atoms with Gasteiger partial charge in [-0.25, -0.2) is 9.97 Å². The molecule has 0 amide bonds. The zero-order chi connectivity index (χ0) is 34.6. The Kier molecular flexibility index (Phi) is 9.73. The van der Waals surface area contributed by atoms with E-state index in [1.165, 1.54) is 0 Å². The SMILES string of the molecule is COc1cccc2c(NCCCC3OCC4(CO3)COC(CCCNc3c5ccccc5nc5c(OC)cccc35)OC4)c3ccccc3nc12. The second-order valence-electron chi connectivity index (χ2n) is 13.5. The second-order valence-corrected chi connectivity index (χ2v) is 13.5. The average molecular weight is 689 g/mol. The summed E-state index contributed by atoms with van der Waals surface area (Å²) in [5.74, 6) is 1.53. The minimum absolute atomic E-state index is 0.243. The maximum Gasteiger partial charge on any atom is 0.157 e. The normalized spacial score (nSPS) is 20.7. The lowest BCUT2D eigenvalue weighted by molar-refractivity contribution is -0.304. The highest BCUT2D eigenvalue weighted by Gasteiger charge is 2.41. The number of ether oxygens (including phenoxy) is 6. The van der Waals surface area contributed by atoms with Gasteiger partial charge in [-0.15, -0.1) is 0 Å². The van der Waals surface area contributed by atoms with Crippen LogP contribution in [0.5, 0.6) is 11.5 Å². The maximum atomic E-state index is 6.20. The number of para-hydroxylation sites is 4. The molecule has 2 aromatic heterocycles. The van der Waals surface area contributed by atoms with Gasteiger partial charge in [0.05, 0.1) is 68.5 Å². The van der Waals surface area contributed by atoms with Gasteiger partial charge in [0.15, 0.2) is 12.6 Å². The molecule has 0 atom stereocenters. The highest BCUT2D eigenvalue weighted by molar-refractivity contribution is 6.10. The van der Waals surface area contributed by atoms with Gasteiger partial charge >= 0.3 is 0 Å². The van der Waals surface area contributed by atoms with Gasteiger partial charge in [0.1, 0.15) is 22.5 Å². The third-order valence-corrected chi connectivity index (χ3v) is 9.93. The van der Waals surface area contributed by atoms with Crippen LogP contribution in [0.4, 0.5) is 11.4 Å². The van der Waals surface area contributed by atoms with E-state index in [-0.39, 0.29) is 18.0 Å². The van der Waals surface area contributed by atoms with Crippen LogP contribution in [0.25, 0.3) is 43.6 Å². The lowest BCUT2D eigenvalue weighted by Gasteiger charge is -2.43. The molecule has 2 fully saturated rings. The molecule has 0 radical (unpaired) electrons. The number of hydrogen-bond acceptors (Lipinski definition) is 10. The van der Waals surface area contributed by atoms with Crippen LogP contribution < -0.4 is 20.1 Å². The highest BCUT2D eigenvalue weighted by atomic mass is 16.7. The molecule has 0 aliphatic carbocycles. The Balaban J connectivity index is 0.794. The predicted molar refractivity (Wildman–Crippen MR) is 201 cm³/mol. The molecule has 4 aromatic carbocycles. The number of nitrogens with one attached hydrogen (secondary N) is 2. The number of fused-ring (bicyclic) bond motifs is 4. The number of anilines is 2. The molecule has 10 heteroatoms. The summed E-state index contributed by atoms with van der Waals surface area (Å²) in [5.41, 5.74) is 5.45. The first-order valence-electron chi connectivity index (χ1n) is 17.8. The average Bonchev–Trinajstić information content (AvgIpc) is 3.18. The molecule has 6 aromatic rings. The minimum Gasteiger partial charge on any atom is -0.494 e. The monoisotopic (exact) mass is 688 g/mol. The first kappa shape index (κ1) is 33.4. The van der Waals surface area contributed by atoms with Crippen LogP contribution in [0.3, 0.4) is 0 Å². The van der Waals surface area contributed by atoms with E-state index in [1.807, 2.05) is 60.7 Å². The van der Waals surface area contributed by atoms with Crippen LogP contribution in [0, 0.1) is 5.41 Å². The number of rotatable bonds is 12. The minimum atomic E-state index is -0.272. The van der Waals surface area contributed by atoms with Gasteiger partial charge in [0.2, 0.25) is 0 Å². The standard InChI is InChI=1S/C41H44N4O6/c1-46-33-17-7-13-29-37(27-11-3-5-15-31(27)44-39(29)33)42-21-9-19-35-48-23-41(24-49-35)25-50-36(51-26-41)20-10-22-43-38-28-12-4-6-16-32(28)45-40-30(38)14-8-18-34(40)47-2/h3-8,11-18,35-36H,9-10,19-26H2,1-2H3,(H,42,44)(H,43,45). The summed E-state index contributed by atoms with van der Waals surface area (Å²) < 4.78 is 36.0. The molecule has 264 valence electrons. The fourth-order valence-electron chi connectivity index (χ4n) is 7.21. The smallest absolute Gasteiger partial charge is 0.157 e. The Hall–Kier alpha value is -4.74. The van der Waals surface area contributed by atoms with Crippen LogP contribution >= 0.6 is 0 Å². The zero-order valence-corrected chi connectivity index (χ0v) is 29.2. The molecule has 2 N–H and O–H groups in total. The van der Waals surface area contributed by atoms with Gasteiger partial charge in [-0.3, -0.25) is 0 Å². The highest BCUT2D eigenvalue weighted by Crippen LogP contribution is 2.37. The van der Waals surface area contributed by atoms with Crippen molar-refractivity contribution in [2.24, 2.45) is 5.41 Å². The molecule has 2 aliphatic heterocycles. The van der Waals surface area contributed by atoms with Crippen LogP contribution in [0.15, 0.2) is 84.9 Å². The lowest BCUT2D eigenvalue weighted by Crippen LogP contribution is -2.52. The number of aromatic nitrogens is 2. The molecule has 51 heavy (non-hydrogen) atoms. The molecular formula is C41H44N4O6. The number of hydrogen-bond donors (Lipinski definition) is 2. The Bertz CT molecular complexity index is 1990. The van der Waals surface area contributed by atoms with E-state index >= 15 is 0 Å². The van der Waals surface area contributed by atoms with Crippen LogP contribution in [-0.2, 0) is 18.9 Å². The topological polar surface area (TPSA) is 105 Å². The van der Waals surface area contributed by atoms with E-state index in [0.29, 0.717) is 26.4 Å². The van der Waals surface area contributed by atoms with Crippen molar-refractivity contribution >= 4 is 55.0 Å². The van der Waals surface area contributed by atoms with Crippen molar-refractivity contribution in [1.82, 2.24) is 9.97 Å². The van der Waals surface area contributed by atoms with E-state index in [0.717, 1.165) is 105 Å². The number of methoxy groups -OCH3 is 2. The summed E-state index contributed by atoms with van der Waals surface area (Å²) in [6.07, 6.45) is 2.88. The fourth-order valence-corrected chi connectivity index (χ4v) is 7.21. The summed E-state index contributed by atoms with van der Waals surface area (Å²) in [4.78, 5) is 9.75. The van der Waals surface area contributed by atoms with Gasteiger partial charge in [-0.1, -0.05) is 60.7 Å². The number of benzene rings is 4. The van der Waals surface area contributed by atoms with E-state index in [4.69, 9.17) is 38.4 Å².